The highest BCUT2D eigenvalue weighted by atomic mass is 79.9. The number of urea groups is 1. The van der Waals surface area contributed by atoms with Crippen LogP contribution in [0.1, 0.15) is 31.0 Å². The van der Waals surface area contributed by atoms with Crippen LogP contribution in [0.15, 0.2) is 51.2 Å². The van der Waals surface area contributed by atoms with Crippen molar-refractivity contribution in [2.24, 2.45) is 5.10 Å². The summed E-state index contributed by atoms with van der Waals surface area (Å²) in [6, 6.07) is 7.35. The number of carbonyl (C=O) groups is 2. The van der Waals surface area contributed by atoms with E-state index in [2.05, 4.69) is 37.1 Å². The van der Waals surface area contributed by atoms with Crippen molar-refractivity contribution >= 4 is 34.1 Å². The van der Waals surface area contributed by atoms with Crippen molar-refractivity contribution in [1.29, 1.82) is 0 Å². The van der Waals surface area contributed by atoms with Crippen molar-refractivity contribution in [3.63, 3.8) is 0 Å². The van der Waals surface area contributed by atoms with E-state index >= 15 is 0 Å². The highest BCUT2D eigenvalue weighted by Gasteiger charge is 2.32. The van der Waals surface area contributed by atoms with Crippen LogP contribution in [0, 0.1) is 0 Å². The number of hydrogen-bond donors (Lipinski definition) is 4. The van der Waals surface area contributed by atoms with Gasteiger partial charge in [0, 0.05) is 15.7 Å². The maximum absolute atomic E-state index is 12.4. The summed E-state index contributed by atoms with van der Waals surface area (Å²) < 4.78 is 27.8. The molecule has 0 fully saturated rings. The van der Waals surface area contributed by atoms with Gasteiger partial charge >= 0.3 is 12.0 Å². The van der Waals surface area contributed by atoms with Crippen molar-refractivity contribution in [2.75, 3.05) is 27.1 Å². The van der Waals surface area contributed by atoms with Crippen molar-refractivity contribution < 1.29 is 38.4 Å². The number of aliphatic hydroxyl groups is 1. The van der Waals surface area contributed by atoms with E-state index in [1.54, 1.807) is 37.3 Å². The lowest BCUT2D eigenvalue weighted by molar-refractivity contribution is -0.136. The summed E-state index contributed by atoms with van der Waals surface area (Å²) in [5.74, 6) is 1.42. The Bertz CT molecular complexity index is 1280. The van der Waals surface area contributed by atoms with E-state index in [0.29, 0.717) is 40.9 Å². The molecule has 4 N–H and O–H groups in total. The topological polar surface area (TPSA) is 149 Å². The number of fused-ring (bicyclic) bond motifs is 1. The van der Waals surface area contributed by atoms with Gasteiger partial charge in [-0.1, -0.05) is 6.07 Å². The fourth-order valence-electron chi connectivity index (χ4n) is 3.85. The van der Waals surface area contributed by atoms with Crippen molar-refractivity contribution in [1.82, 2.24) is 16.1 Å². The van der Waals surface area contributed by atoms with Gasteiger partial charge in [-0.2, -0.15) is 5.10 Å². The number of nitrogens with one attached hydrogen (secondary N) is 3. The number of allylic oxidation sites excluding steroid dienone is 1. The number of benzene rings is 2. The minimum absolute atomic E-state index is 0.143. The molecule has 2 aromatic carbocycles. The molecular formula is C25H27BrN4O8. The van der Waals surface area contributed by atoms with Crippen LogP contribution in [0.5, 0.6) is 23.0 Å². The Balaban J connectivity index is 1.43. The molecule has 2 aromatic rings. The molecule has 0 aromatic heterocycles. The monoisotopic (exact) mass is 590 g/mol. The third-order valence-corrected chi connectivity index (χ3v) is 6.28. The molecule has 0 spiro atoms. The number of rotatable bonds is 10. The molecule has 0 saturated heterocycles. The average Bonchev–Trinajstić information content (AvgIpc) is 3.34. The maximum atomic E-state index is 12.4. The number of carbonyl (C=O) groups excluding carboxylic acids is 2. The van der Waals surface area contributed by atoms with Crippen LogP contribution in [-0.2, 0) is 9.53 Å². The quantitative estimate of drug-likeness (QED) is 0.142. The van der Waals surface area contributed by atoms with Gasteiger partial charge in [0.25, 0.3) is 0 Å². The summed E-state index contributed by atoms with van der Waals surface area (Å²) in [5, 5.41) is 19.7. The molecule has 12 nitrogen and oxygen atoms in total. The number of halogens is 1. The van der Waals surface area contributed by atoms with E-state index in [1.807, 2.05) is 6.92 Å². The van der Waals surface area contributed by atoms with Gasteiger partial charge in [-0.05, 0) is 59.6 Å². The minimum atomic E-state index is -1.13. The van der Waals surface area contributed by atoms with Gasteiger partial charge in [0.2, 0.25) is 6.79 Å². The molecule has 0 radical (unpaired) electrons. The number of amides is 2. The lowest BCUT2D eigenvalue weighted by atomic mass is 9.95. The standard InChI is InChI=1S/C25H27BrN4O8/c1-4-35-18-7-14(23-22(24(32)34-3)13(2)28-25(33)29-23)5-6-17(18)36-11-21(31)30-27-10-15-8-19-20(9-16(15)26)38-12-37-19/h5-10,21,23,30-31H,4,11-12H2,1-3H3,(H2,28,29,33)/b27-10+/t21-,23-/m0/s1. The van der Waals surface area contributed by atoms with Crippen LogP contribution in [0.3, 0.4) is 0 Å². The summed E-state index contributed by atoms with van der Waals surface area (Å²) in [4.78, 5) is 24.5. The molecule has 2 atom stereocenters. The second-order valence-corrected chi connectivity index (χ2v) is 9.00. The SMILES string of the molecule is CCOc1cc([C@@H]2NC(=O)NC(C)=C2C(=O)OC)ccc1OC[C@H](O)N/N=C/c1cc2c(cc1Br)OCO2. The molecule has 0 aliphatic carbocycles. The number of esters is 1. The third kappa shape index (κ3) is 6.11. The normalized spacial score (nSPS) is 17.1. The van der Waals surface area contributed by atoms with E-state index < -0.39 is 24.3 Å². The van der Waals surface area contributed by atoms with Crippen LogP contribution in [-0.4, -0.2) is 56.7 Å². The summed E-state index contributed by atoms with van der Waals surface area (Å²) >= 11 is 3.45. The second-order valence-electron chi connectivity index (χ2n) is 8.14. The number of hydrogen-bond acceptors (Lipinski definition) is 10. The summed E-state index contributed by atoms with van der Waals surface area (Å²) in [6.45, 7) is 3.80. The molecule has 0 bridgehead atoms. The highest BCUT2D eigenvalue weighted by molar-refractivity contribution is 9.10. The van der Waals surface area contributed by atoms with Gasteiger partial charge in [-0.25, -0.2) is 9.59 Å². The Labute approximate surface area is 227 Å². The van der Waals surface area contributed by atoms with Gasteiger partial charge in [0.15, 0.2) is 29.2 Å². The fraction of sp³-hybridized carbons (Fsp3) is 0.320. The van der Waals surface area contributed by atoms with Gasteiger partial charge in [-0.15, -0.1) is 0 Å². The number of aliphatic hydroxyl groups excluding tert-OH is 1. The van der Waals surface area contributed by atoms with E-state index in [1.165, 1.54) is 13.3 Å². The molecular weight excluding hydrogens is 564 g/mol. The smallest absolute Gasteiger partial charge is 0.337 e. The first-order chi connectivity index (χ1) is 18.3. The van der Waals surface area contributed by atoms with Gasteiger partial charge in [0.1, 0.15) is 6.61 Å². The number of nitrogens with zero attached hydrogens (tertiary/aromatic N) is 1. The first-order valence-electron chi connectivity index (χ1n) is 11.6. The van der Waals surface area contributed by atoms with E-state index in [9.17, 15) is 14.7 Å². The Hall–Kier alpha value is -3.97. The zero-order valence-corrected chi connectivity index (χ0v) is 22.5. The van der Waals surface area contributed by atoms with Gasteiger partial charge < -0.3 is 39.4 Å². The number of methoxy groups -OCH3 is 1. The molecule has 0 saturated carbocycles. The van der Waals surface area contributed by atoms with E-state index in [0.717, 1.165) is 10.0 Å². The van der Waals surface area contributed by atoms with Crippen molar-refractivity contribution in [3.8, 4) is 23.0 Å². The molecule has 2 aliphatic rings. The average molecular weight is 591 g/mol. The van der Waals surface area contributed by atoms with Gasteiger partial charge in [0.05, 0.1) is 31.5 Å². The number of hydrazone groups is 1. The molecule has 202 valence electrons. The largest absolute Gasteiger partial charge is 0.490 e. The second kappa shape index (κ2) is 12.0. The summed E-state index contributed by atoms with van der Waals surface area (Å²) in [6.07, 6.45) is 0.394. The van der Waals surface area contributed by atoms with E-state index in [-0.39, 0.29) is 19.0 Å². The van der Waals surface area contributed by atoms with E-state index in [4.69, 9.17) is 23.7 Å². The van der Waals surface area contributed by atoms with Crippen LogP contribution < -0.4 is 35.0 Å². The number of ether oxygens (including phenoxy) is 5. The third-order valence-electron chi connectivity index (χ3n) is 5.59. The predicted octanol–water partition coefficient (Wildman–Crippen LogP) is 2.70. The van der Waals surface area contributed by atoms with Crippen molar-refractivity contribution in [3.05, 3.63) is 57.2 Å². The van der Waals surface area contributed by atoms with Crippen LogP contribution >= 0.6 is 15.9 Å². The molecule has 4 rings (SSSR count). The summed E-state index contributed by atoms with van der Waals surface area (Å²) in [5.41, 5.74) is 4.58. The molecule has 2 aliphatic heterocycles. The van der Waals surface area contributed by atoms with Crippen LogP contribution in [0.2, 0.25) is 0 Å². The molecule has 13 heteroatoms. The first kappa shape index (κ1) is 27.1. The Morgan fingerprint density at radius 1 is 1.26 bits per heavy atom. The molecule has 2 amide bonds. The van der Waals surface area contributed by atoms with Gasteiger partial charge in [-0.3, -0.25) is 5.43 Å². The zero-order valence-electron chi connectivity index (χ0n) is 20.9. The Kier molecular flexibility index (Phi) is 8.59. The Morgan fingerprint density at radius 3 is 2.76 bits per heavy atom. The van der Waals surface area contributed by atoms with Crippen molar-refractivity contribution in [2.45, 2.75) is 26.1 Å². The lowest BCUT2D eigenvalue weighted by Gasteiger charge is -2.28. The molecule has 2 heterocycles. The highest BCUT2D eigenvalue weighted by Crippen LogP contribution is 2.37. The first-order valence-corrected chi connectivity index (χ1v) is 12.4. The zero-order chi connectivity index (χ0) is 27.2. The summed E-state index contributed by atoms with van der Waals surface area (Å²) in [7, 11) is 1.27. The lowest BCUT2D eigenvalue weighted by Crippen LogP contribution is -2.45. The minimum Gasteiger partial charge on any atom is -0.490 e. The molecule has 0 unspecified atom stereocenters. The van der Waals surface area contributed by atoms with Crippen LogP contribution in [0.4, 0.5) is 4.79 Å². The maximum Gasteiger partial charge on any atom is 0.337 e. The van der Waals surface area contributed by atoms with Crippen LogP contribution in [0.25, 0.3) is 0 Å². The Morgan fingerprint density at radius 2 is 2.03 bits per heavy atom. The predicted molar refractivity (Wildman–Crippen MR) is 139 cm³/mol. The molecule has 38 heavy (non-hydrogen) atoms. The fourth-order valence-corrected chi connectivity index (χ4v) is 4.27.